The number of rotatable bonds is 4. The lowest BCUT2D eigenvalue weighted by Crippen LogP contribution is -1.84. The number of halogens is 1. The van der Waals surface area contributed by atoms with Gasteiger partial charge < -0.3 is 0 Å². The van der Waals surface area contributed by atoms with E-state index in [1.54, 1.807) is 0 Å². The van der Waals surface area contributed by atoms with Crippen molar-refractivity contribution < 1.29 is 0 Å². The van der Waals surface area contributed by atoms with E-state index in [0.29, 0.717) is 0 Å². The largest absolute Gasteiger partial charge is 0.256 e. The quantitative estimate of drug-likeness (QED) is 0.251. The number of nitrogens with zero attached hydrogens (tertiary/aromatic N) is 1. The molecule has 0 radical (unpaired) electrons. The molecule has 2 heteroatoms. The first-order chi connectivity index (χ1) is 17.2. The minimum absolute atomic E-state index is 0.755. The standard InChI is InChI=1S/C33H22ClN/c34-32-18-16-24(17-19-32)23-4-6-25(7-5-23)29-14-10-27-11-15-30(22-31(27)21-29)26-8-12-28(13-9-26)33-3-1-2-20-35-33/h1-22H. The second-order valence-electron chi connectivity index (χ2n) is 8.65. The Morgan fingerprint density at radius 2 is 0.857 bits per heavy atom. The summed E-state index contributed by atoms with van der Waals surface area (Å²) in [5.74, 6) is 0. The van der Waals surface area contributed by atoms with E-state index in [0.717, 1.165) is 21.8 Å². The van der Waals surface area contributed by atoms with Crippen LogP contribution in [0, 0.1) is 0 Å². The predicted molar refractivity (Wildman–Crippen MR) is 148 cm³/mol. The molecule has 0 atom stereocenters. The first kappa shape index (κ1) is 21.3. The van der Waals surface area contributed by atoms with E-state index in [-0.39, 0.29) is 0 Å². The van der Waals surface area contributed by atoms with Crippen LogP contribution in [0.15, 0.2) is 134 Å². The van der Waals surface area contributed by atoms with Gasteiger partial charge in [0.1, 0.15) is 0 Å². The van der Waals surface area contributed by atoms with Gasteiger partial charge in [-0.3, -0.25) is 4.98 Å². The highest BCUT2D eigenvalue weighted by Crippen LogP contribution is 2.31. The van der Waals surface area contributed by atoms with Gasteiger partial charge in [-0.05, 0) is 80.6 Å². The maximum atomic E-state index is 6.03. The summed E-state index contributed by atoms with van der Waals surface area (Å²) in [6.07, 6.45) is 1.83. The molecule has 0 saturated carbocycles. The van der Waals surface area contributed by atoms with Gasteiger partial charge in [-0.2, -0.15) is 0 Å². The number of benzene rings is 5. The fourth-order valence-electron chi connectivity index (χ4n) is 4.47. The van der Waals surface area contributed by atoms with E-state index in [4.69, 9.17) is 11.6 Å². The van der Waals surface area contributed by atoms with Crippen LogP contribution in [0.25, 0.3) is 55.4 Å². The number of hydrogen-bond acceptors (Lipinski definition) is 1. The summed E-state index contributed by atoms with van der Waals surface area (Å²) >= 11 is 6.03. The molecule has 0 aliphatic rings. The molecule has 0 N–H and O–H groups in total. The third-order valence-electron chi connectivity index (χ3n) is 6.41. The van der Waals surface area contributed by atoms with Gasteiger partial charge in [0.15, 0.2) is 0 Å². The molecular weight excluding hydrogens is 446 g/mol. The highest BCUT2D eigenvalue weighted by Gasteiger charge is 2.05. The van der Waals surface area contributed by atoms with E-state index in [9.17, 15) is 0 Å². The number of pyridine rings is 1. The van der Waals surface area contributed by atoms with Crippen LogP contribution in [0.1, 0.15) is 0 Å². The summed E-state index contributed by atoms with van der Waals surface area (Å²) in [4.78, 5) is 4.45. The van der Waals surface area contributed by atoms with Crippen molar-refractivity contribution in [1.29, 1.82) is 0 Å². The lowest BCUT2D eigenvalue weighted by Gasteiger charge is -2.09. The molecule has 0 bridgehead atoms. The fraction of sp³-hybridized carbons (Fsp3) is 0. The molecule has 0 aliphatic heterocycles. The fourth-order valence-corrected chi connectivity index (χ4v) is 4.60. The van der Waals surface area contributed by atoms with Crippen LogP contribution < -0.4 is 0 Å². The van der Waals surface area contributed by atoms with Gasteiger partial charge in [0.2, 0.25) is 0 Å². The van der Waals surface area contributed by atoms with Crippen LogP contribution in [0.4, 0.5) is 0 Å². The highest BCUT2D eigenvalue weighted by atomic mass is 35.5. The first-order valence-corrected chi connectivity index (χ1v) is 12.0. The van der Waals surface area contributed by atoms with E-state index >= 15 is 0 Å². The van der Waals surface area contributed by atoms with Crippen LogP contribution in [0.2, 0.25) is 5.02 Å². The molecule has 6 rings (SSSR count). The van der Waals surface area contributed by atoms with Gasteiger partial charge in [0.25, 0.3) is 0 Å². The summed E-state index contributed by atoms with van der Waals surface area (Å²) in [7, 11) is 0. The van der Waals surface area contributed by atoms with Crippen LogP contribution in [-0.4, -0.2) is 4.98 Å². The second-order valence-corrected chi connectivity index (χ2v) is 9.09. The van der Waals surface area contributed by atoms with Gasteiger partial charge in [-0.1, -0.05) is 103 Å². The third-order valence-corrected chi connectivity index (χ3v) is 6.67. The zero-order valence-corrected chi connectivity index (χ0v) is 19.8. The van der Waals surface area contributed by atoms with Gasteiger partial charge >= 0.3 is 0 Å². The Balaban J connectivity index is 1.30. The average Bonchev–Trinajstić information content (AvgIpc) is 2.93. The van der Waals surface area contributed by atoms with Crippen LogP contribution in [0.3, 0.4) is 0 Å². The molecule has 0 fully saturated rings. The number of fused-ring (bicyclic) bond motifs is 1. The molecule has 0 spiro atoms. The minimum atomic E-state index is 0.755. The molecule has 35 heavy (non-hydrogen) atoms. The molecule has 0 amide bonds. The molecule has 1 aromatic heterocycles. The normalized spacial score (nSPS) is 11.0. The summed E-state index contributed by atoms with van der Waals surface area (Å²) in [6, 6.07) is 44.6. The van der Waals surface area contributed by atoms with E-state index in [1.807, 2.05) is 36.5 Å². The second kappa shape index (κ2) is 9.21. The van der Waals surface area contributed by atoms with Crippen LogP contribution in [0.5, 0.6) is 0 Å². The van der Waals surface area contributed by atoms with Crippen LogP contribution in [-0.2, 0) is 0 Å². The number of hydrogen-bond donors (Lipinski definition) is 0. The van der Waals surface area contributed by atoms with E-state index in [2.05, 4.69) is 102 Å². The molecule has 0 saturated heterocycles. The molecule has 6 aromatic rings. The Kier molecular flexibility index (Phi) is 5.62. The van der Waals surface area contributed by atoms with Gasteiger partial charge in [-0.15, -0.1) is 0 Å². The maximum Gasteiger partial charge on any atom is 0.0701 e. The summed E-state index contributed by atoms with van der Waals surface area (Å²) in [5, 5.41) is 3.22. The number of aromatic nitrogens is 1. The smallest absolute Gasteiger partial charge is 0.0701 e. The Hall–Kier alpha value is -4.20. The molecule has 1 nitrogen and oxygen atoms in total. The summed E-state index contributed by atoms with van der Waals surface area (Å²) < 4.78 is 0. The van der Waals surface area contributed by atoms with Crippen molar-refractivity contribution in [3.63, 3.8) is 0 Å². The van der Waals surface area contributed by atoms with Gasteiger partial charge in [0, 0.05) is 16.8 Å². The van der Waals surface area contributed by atoms with Crippen molar-refractivity contribution in [3.05, 3.63) is 139 Å². The van der Waals surface area contributed by atoms with Crippen molar-refractivity contribution in [3.8, 4) is 44.6 Å². The van der Waals surface area contributed by atoms with Gasteiger partial charge in [-0.25, -0.2) is 0 Å². The zero-order chi connectivity index (χ0) is 23.6. The zero-order valence-electron chi connectivity index (χ0n) is 19.0. The van der Waals surface area contributed by atoms with E-state index in [1.165, 1.54) is 38.6 Å². The van der Waals surface area contributed by atoms with Crippen LogP contribution >= 0.6 is 11.6 Å². The SMILES string of the molecule is Clc1ccc(-c2ccc(-c3ccc4ccc(-c5ccc(-c6ccccn6)cc5)cc4c3)cc2)cc1. The van der Waals surface area contributed by atoms with Crippen molar-refractivity contribution in [1.82, 2.24) is 4.98 Å². The molecule has 1 heterocycles. The van der Waals surface area contributed by atoms with Crippen molar-refractivity contribution in [2.45, 2.75) is 0 Å². The lowest BCUT2D eigenvalue weighted by atomic mass is 9.96. The van der Waals surface area contributed by atoms with Gasteiger partial charge in [0.05, 0.1) is 5.69 Å². The van der Waals surface area contributed by atoms with E-state index < -0.39 is 0 Å². The molecule has 5 aromatic carbocycles. The average molecular weight is 468 g/mol. The van der Waals surface area contributed by atoms with Crippen molar-refractivity contribution >= 4 is 22.4 Å². The summed E-state index contributed by atoms with van der Waals surface area (Å²) in [6.45, 7) is 0. The lowest BCUT2D eigenvalue weighted by molar-refractivity contribution is 1.33. The molecular formula is C33H22ClN. The Bertz CT molecular complexity index is 1600. The minimum Gasteiger partial charge on any atom is -0.256 e. The molecule has 166 valence electrons. The highest BCUT2D eigenvalue weighted by molar-refractivity contribution is 6.30. The summed E-state index contributed by atoms with van der Waals surface area (Å²) in [5.41, 5.74) is 9.28. The predicted octanol–water partition coefficient (Wildman–Crippen LogP) is 9.56. The first-order valence-electron chi connectivity index (χ1n) is 11.6. The third kappa shape index (κ3) is 4.47. The topological polar surface area (TPSA) is 12.9 Å². The molecule has 0 unspecified atom stereocenters. The van der Waals surface area contributed by atoms with Crippen molar-refractivity contribution in [2.75, 3.05) is 0 Å². The van der Waals surface area contributed by atoms with Crippen molar-refractivity contribution in [2.24, 2.45) is 0 Å². The monoisotopic (exact) mass is 467 g/mol. The Morgan fingerprint density at radius 3 is 1.37 bits per heavy atom. The molecule has 0 aliphatic carbocycles. The maximum absolute atomic E-state index is 6.03. The Labute approximate surface area is 210 Å². The Morgan fingerprint density at radius 1 is 0.400 bits per heavy atom.